The minimum Gasteiger partial charge on any atom is -0.335 e. The van der Waals surface area contributed by atoms with E-state index in [-0.39, 0.29) is 11.6 Å². The van der Waals surface area contributed by atoms with Crippen molar-refractivity contribution >= 4 is 5.95 Å². The third kappa shape index (κ3) is 2.14. The number of fused-ring (bicyclic) bond motifs is 1. The SMILES string of the molecule is Cc1cc(=O)[nH]c(N2CCc3ccccc3C2C)n1. The zero-order valence-corrected chi connectivity index (χ0v) is 11.2. The van der Waals surface area contributed by atoms with Crippen LogP contribution in [0, 0.1) is 6.92 Å². The summed E-state index contributed by atoms with van der Waals surface area (Å²) < 4.78 is 0. The molecule has 0 fully saturated rings. The maximum absolute atomic E-state index is 11.6. The molecular formula is C15H17N3O. The molecule has 0 saturated carbocycles. The number of hydrogen-bond acceptors (Lipinski definition) is 3. The highest BCUT2D eigenvalue weighted by Crippen LogP contribution is 2.31. The van der Waals surface area contributed by atoms with E-state index in [4.69, 9.17) is 0 Å². The van der Waals surface area contributed by atoms with Crippen molar-refractivity contribution < 1.29 is 0 Å². The molecule has 0 aliphatic carbocycles. The summed E-state index contributed by atoms with van der Waals surface area (Å²) in [5, 5.41) is 0. The average Bonchev–Trinajstić information content (AvgIpc) is 2.38. The Hall–Kier alpha value is -2.10. The average molecular weight is 255 g/mol. The number of aromatic nitrogens is 2. The molecule has 1 aromatic carbocycles. The molecule has 1 atom stereocenters. The van der Waals surface area contributed by atoms with Gasteiger partial charge in [0.05, 0.1) is 6.04 Å². The van der Waals surface area contributed by atoms with Crippen LogP contribution < -0.4 is 10.5 Å². The predicted octanol–water partition coefficient (Wildman–Crippen LogP) is 2.20. The van der Waals surface area contributed by atoms with Crippen LogP contribution in [0.1, 0.15) is 29.8 Å². The summed E-state index contributed by atoms with van der Waals surface area (Å²) >= 11 is 0. The van der Waals surface area contributed by atoms with E-state index in [1.165, 1.54) is 17.2 Å². The molecule has 1 unspecified atom stereocenters. The highest BCUT2D eigenvalue weighted by Gasteiger charge is 2.25. The standard InChI is InChI=1S/C15H17N3O/c1-10-9-14(19)17-15(16-10)18-8-7-12-5-3-4-6-13(12)11(18)2/h3-6,9,11H,7-8H2,1-2H3,(H,16,17,19). The summed E-state index contributed by atoms with van der Waals surface area (Å²) in [4.78, 5) is 21.0. The number of aromatic amines is 1. The van der Waals surface area contributed by atoms with Gasteiger partial charge in [-0.25, -0.2) is 4.98 Å². The zero-order chi connectivity index (χ0) is 13.4. The first kappa shape index (κ1) is 12.0. The minimum absolute atomic E-state index is 0.0893. The van der Waals surface area contributed by atoms with Crippen LogP contribution in [0.4, 0.5) is 5.95 Å². The predicted molar refractivity (Wildman–Crippen MR) is 75.5 cm³/mol. The number of aryl methyl sites for hydroxylation is 1. The van der Waals surface area contributed by atoms with Gasteiger partial charge in [-0.15, -0.1) is 0 Å². The van der Waals surface area contributed by atoms with Crippen LogP contribution in [-0.2, 0) is 6.42 Å². The maximum Gasteiger partial charge on any atom is 0.252 e. The number of nitrogens with zero attached hydrogens (tertiary/aromatic N) is 2. The van der Waals surface area contributed by atoms with E-state index in [2.05, 4.69) is 46.1 Å². The van der Waals surface area contributed by atoms with Crippen LogP contribution in [0.25, 0.3) is 0 Å². The number of anilines is 1. The Bertz CT molecular complexity index is 662. The van der Waals surface area contributed by atoms with E-state index in [9.17, 15) is 4.79 Å². The Labute approximate surface area is 112 Å². The van der Waals surface area contributed by atoms with Gasteiger partial charge in [0.1, 0.15) is 0 Å². The molecule has 2 aromatic rings. The second kappa shape index (κ2) is 4.53. The van der Waals surface area contributed by atoms with Crippen molar-refractivity contribution in [3.05, 3.63) is 57.5 Å². The van der Waals surface area contributed by atoms with Gasteiger partial charge in [0, 0.05) is 18.3 Å². The molecule has 4 nitrogen and oxygen atoms in total. The van der Waals surface area contributed by atoms with Gasteiger partial charge >= 0.3 is 0 Å². The fourth-order valence-corrected chi connectivity index (χ4v) is 2.76. The summed E-state index contributed by atoms with van der Waals surface area (Å²) in [5.74, 6) is 0.673. The van der Waals surface area contributed by atoms with Crippen LogP contribution >= 0.6 is 0 Å². The van der Waals surface area contributed by atoms with Crippen molar-refractivity contribution in [2.75, 3.05) is 11.4 Å². The number of benzene rings is 1. The second-order valence-electron chi connectivity index (χ2n) is 5.03. The monoisotopic (exact) mass is 255 g/mol. The molecule has 0 radical (unpaired) electrons. The minimum atomic E-state index is -0.0893. The van der Waals surface area contributed by atoms with Crippen molar-refractivity contribution in [3.63, 3.8) is 0 Å². The lowest BCUT2D eigenvalue weighted by Gasteiger charge is -2.35. The smallest absolute Gasteiger partial charge is 0.252 e. The zero-order valence-electron chi connectivity index (χ0n) is 11.2. The van der Waals surface area contributed by atoms with Gasteiger partial charge in [-0.2, -0.15) is 0 Å². The van der Waals surface area contributed by atoms with Crippen LogP contribution in [0.2, 0.25) is 0 Å². The Balaban J connectivity index is 2.02. The Morgan fingerprint density at radius 2 is 2.16 bits per heavy atom. The molecular weight excluding hydrogens is 238 g/mol. The molecule has 0 amide bonds. The lowest BCUT2D eigenvalue weighted by molar-refractivity contribution is 0.606. The number of H-pyrrole nitrogens is 1. The molecule has 1 aliphatic heterocycles. The molecule has 98 valence electrons. The topological polar surface area (TPSA) is 49.0 Å². The van der Waals surface area contributed by atoms with Crippen LogP contribution in [-0.4, -0.2) is 16.5 Å². The largest absolute Gasteiger partial charge is 0.335 e. The van der Waals surface area contributed by atoms with Crippen LogP contribution in [0.5, 0.6) is 0 Å². The summed E-state index contributed by atoms with van der Waals surface area (Å²) in [6.07, 6.45) is 0.984. The van der Waals surface area contributed by atoms with Gasteiger partial charge in [0.15, 0.2) is 0 Å². The highest BCUT2D eigenvalue weighted by atomic mass is 16.1. The molecule has 0 bridgehead atoms. The van der Waals surface area contributed by atoms with Gasteiger partial charge in [-0.3, -0.25) is 9.78 Å². The second-order valence-corrected chi connectivity index (χ2v) is 5.03. The molecule has 0 spiro atoms. The van der Waals surface area contributed by atoms with Gasteiger partial charge in [0.25, 0.3) is 5.56 Å². The summed E-state index contributed by atoms with van der Waals surface area (Å²) in [6, 6.07) is 10.2. The molecule has 1 aliphatic rings. The maximum atomic E-state index is 11.6. The number of rotatable bonds is 1. The van der Waals surface area contributed by atoms with Crippen molar-refractivity contribution in [1.82, 2.24) is 9.97 Å². The fourth-order valence-electron chi connectivity index (χ4n) is 2.76. The van der Waals surface area contributed by atoms with Gasteiger partial charge < -0.3 is 4.90 Å². The molecule has 1 N–H and O–H groups in total. The van der Waals surface area contributed by atoms with Crippen molar-refractivity contribution in [1.29, 1.82) is 0 Å². The first-order chi connectivity index (χ1) is 9.15. The van der Waals surface area contributed by atoms with E-state index in [1.54, 1.807) is 0 Å². The highest BCUT2D eigenvalue weighted by molar-refractivity contribution is 5.43. The molecule has 0 saturated heterocycles. The quantitative estimate of drug-likeness (QED) is 0.850. The number of hydrogen-bond donors (Lipinski definition) is 1. The van der Waals surface area contributed by atoms with Crippen molar-refractivity contribution in [2.45, 2.75) is 26.3 Å². The van der Waals surface area contributed by atoms with Crippen LogP contribution in [0.3, 0.4) is 0 Å². The Morgan fingerprint density at radius 3 is 2.95 bits per heavy atom. The van der Waals surface area contributed by atoms with Crippen molar-refractivity contribution in [2.24, 2.45) is 0 Å². The molecule has 19 heavy (non-hydrogen) atoms. The van der Waals surface area contributed by atoms with Gasteiger partial charge in [0.2, 0.25) is 5.95 Å². The molecule has 2 heterocycles. The van der Waals surface area contributed by atoms with E-state index in [0.29, 0.717) is 5.95 Å². The number of nitrogens with one attached hydrogen (secondary N) is 1. The Kier molecular flexibility index (Phi) is 2.85. The lowest BCUT2D eigenvalue weighted by atomic mass is 9.94. The van der Waals surface area contributed by atoms with E-state index >= 15 is 0 Å². The fraction of sp³-hybridized carbons (Fsp3) is 0.333. The molecule has 1 aromatic heterocycles. The first-order valence-electron chi connectivity index (χ1n) is 6.57. The summed E-state index contributed by atoms with van der Waals surface area (Å²) in [6.45, 7) is 4.88. The molecule has 4 heteroatoms. The van der Waals surface area contributed by atoms with E-state index < -0.39 is 0 Å². The summed E-state index contributed by atoms with van der Waals surface area (Å²) in [5.41, 5.74) is 3.37. The third-order valence-corrected chi connectivity index (χ3v) is 3.72. The summed E-state index contributed by atoms with van der Waals surface area (Å²) in [7, 11) is 0. The normalized spacial score (nSPS) is 18.2. The van der Waals surface area contributed by atoms with Crippen LogP contribution in [0.15, 0.2) is 35.1 Å². The van der Waals surface area contributed by atoms with E-state index in [1.807, 2.05) is 6.92 Å². The van der Waals surface area contributed by atoms with E-state index in [0.717, 1.165) is 18.7 Å². The first-order valence-corrected chi connectivity index (χ1v) is 6.57. The lowest BCUT2D eigenvalue weighted by Crippen LogP contribution is -2.36. The van der Waals surface area contributed by atoms with Crippen molar-refractivity contribution in [3.8, 4) is 0 Å². The third-order valence-electron chi connectivity index (χ3n) is 3.72. The Morgan fingerprint density at radius 1 is 1.37 bits per heavy atom. The van der Waals surface area contributed by atoms with Gasteiger partial charge in [-0.1, -0.05) is 24.3 Å². The molecule has 3 rings (SSSR count). The van der Waals surface area contributed by atoms with Gasteiger partial charge in [-0.05, 0) is 31.4 Å².